The van der Waals surface area contributed by atoms with Crippen molar-refractivity contribution in [2.75, 3.05) is 31.5 Å². The van der Waals surface area contributed by atoms with Gasteiger partial charge < -0.3 is 25.2 Å². The number of anilines is 1. The molecule has 0 unspecified atom stereocenters. The number of aliphatic hydroxyl groups is 1. The number of alkyl halides is 3. The summed E-state index contributed by atoms with van der Waals surface area (Å²) in [5, 5.41) is 19.2. The summed E-state index contributed by atoms with van der Waals surface area (Å²) in [6.07, 6.45) is 5.27. The Balaban J connectivity index is 0.000000204. The van der Waals surface area contributed by atoms with Crippen molar-refractivity contribution in [3.63, 3.8) is 0 Å². The average Bonchev–Trinajstić information content (AvgIpc) is 3.60. The van der Waals surface area contributed by atoms with Crippen molar-refractivity contribution in [1.29, 1.82) is 0 Å². The predicted octanol–water partition coefficient (Wildman–Crippen LogP) is 4.86. The van der Waals surface area contributed by atoms with Crippen molar-refractivity contribution in [2.24, 2.45) is 0 Å². The Bertz CT molecular complexity index is 1070. The number of nitrogens with one attached hydrogen (secondary N) is 2. The maximum atomic E-state index is 12.7. The molecule has 8 nitrogen and oxygen atoms in total. The van der Waals surface area contributed by atoms with E-state index in [1.54, 1.807) is 17.3 Å². The minimum Gasteiger partial charge on any atom is -0.393 e. The summed E-state index contributed by atoms with van der Waals surface area (Å²) < 4.78 is 43.2. The molecule has 2 fully saturated rings. The van der Waals surface area contributed by atoms with Gasteiger partial charge >= 0.3 is 6.18 Å². The molecule has 1 amide bonds. The Hall–Kier alpha value is -3.18. The van der Waals surface area contributed by atoms with Gasteiger partial charge in [0.25, 0.3) is 0 Å². The van der Waals surface area contributed by atoms with Crippen LogP contribution in [0.1, 0.15) is 51.0 Å². The van der Waals surface area contributed by atoms with Crippen LogP contribution in [-0.2, 0) is 11.0 Å². The van der Waals surface area contributed by atoms with Crippen molar-refractivity contribution in [3.05, 3.63) is 54.4 Å². The van der Waals surface area contributed by atoms with Crippen LogP contribution in [0.25, 0.3) is 11.0 Å². The van der Waals surface area contributed by atoms with Crippen LogP contribution in [0.4, 0.5) is 19.0 Å². The van der Waals surface area contributed by atoms with Gasteiger partial charge in [0.1, 0.15) is 0 Å². The van der Waals surface area contributed by atoms with E-state index in [1.165, 1.54) is 6.07 Å². The molecule has 3 N–H and O–H groups in total. The Morgan fingerprint density at radius 3 is 2.34 bits per heavy atom. The first-order valence-corrected chi connectivity index (χ1v) is 13.0. The van der Waals surface area contributed by atoms with Crippen LogP contribution >= 0.6 is 0 Å². The highest BCUT2D eigenvalue weighted by Crippen LogP contribution is 2.33. The molecule has 0 atom stereocenters. The lowest BCUT2D eigenvalue weighted by Gasteiger charge is -2.25. The monoisotopic (exact) mass is 535 g/mol. The summed E-state index contributed by atoms with van der Waals surface area (Å²) in [7, 11) is 0. The number of hydrogen-bond donors (Lipinski definition) is 3. The predicted molar refractivity (Wildman–Crippen MR) is 139 cm³/mol. The molecule has 1 aromatic carbocycles. The number of likely N-dealkylation sites (tertiary alicyclic amines) is 1. The van der Waals surface area contributed by atoms with Crippen molar-refractivity contribution in [2.45, 2.75) is 63.8 Å². The maximum absolute atomic E-state index is 12.7. The molecule has 208 valence electrons. The molecule has 0 bridgehead atoms. The van der Waals surface area contributed by atoms with E-state index in [2.05, 4.69) is 27.7 Å². The molecule has 1 aliphatic carbocycles. The summed E-state index contributed by atoms with van der Waals surface area (Å²) in [6, 6.07) is 9.51. The maximum Gasteiger partial charge on any atom is 0.416 e. The zero-order chi connectivity index (χ0) is 27.4. The molecule has 0 spiro atoms. The van der Waals surface area contributed by atoms with Gasteiger partial charge in [-0.3, -0.25) is 9.78 Å². The molecule has 11 heteroatoms. The fourth-order valence-electron chi connectivity index (χ4n) is 4.36. The van der Waals surface area contributed by atoms with Crippen molar-refractivity contribution in [1.82, 2.24) is 20.4 Å². The minimum absolute atomic E-state index is 0.0160. The van der Waals surface area contributed by atoms with E-state index in [0.717, 1.165) is 70.3 Å². The number of fused-ring (bicyclic) bond motifs is 1. The summed E-state index contributed by atoms with van der Waals surface area (Å²) >= 11 is 0. The number of hydrogen-bond acceptors (Lipinski definition) is 7. The Morgan fingerprint density at radius 2 is 1.79 bits per heavy atom. The lowest BCUT2D eigenvalue weighted by Crippen LogP contribution is -2.34. The highest BCUT2D eigenvalue weighted by atomic mass is 19.4. The minimum atomic E-state index is -4.44. The van der Waals surface area contributed by atoms with E-state index in [1.807, 2.05) is 18.2 Å². The second-order valence-corrected chi connectivity index (χ2v) is 9.27. The fraction of sp³-hybridized carbons (Fsp3) is 0.519. The van der Waals surface area contributed by atoms with E-state index >= 15 is 0 Å². The molecular weight excluding hydrogens is 499 g/mol. The molecule has 3 aromatic rings. The van der Waals surface area contributed by atoms with Crippen molar-refractivity contribution >= 4 is 22.7 Å². The van der Waals surface area contributed by atoms with Gasteiger partial charge in [-0.05, 0) is 75.4 Å². The van der Waals surface area contributed by atoms with E-state index in [4.69, 9.17) is 9.63 Å². The third kappa shape index (κ3) is 9.29. The summed E-state index contributed by atoms with van der Waals surface area (Å²) in [5.74, 6) is 0.0503. The highest BCUT2D eigenvalue weighted by molar-refractivity contribution is 5.90. The molecule has 5 rings (SSSR count). The number of rotatable bonds is 5. The summed E-state index contributed by atoms with van der Waals surface area (Å²) in [5.41, 5.74) is -0.541. The molecule has 2 aliphatic rings. The number of pyridine rings is 1. The summed E-state index contributed by atoms with van der Waals surface area (Å²) in [6.45, 7) is 4.61. The van der Waals surface area contributed by atoms with Crippen molar-refractivity contribution < 1.29 is 27.6 Å². The van der Waals surface area contributed by atoms with Gasteiger partial charge in [0.2, 0.25) is 5.91 Å². The molecule has 2 aromatic heterocycles. The van der Waals surface area contributed by atoms with Gasteiger partial charge in [-0.25, -0.2) is 0 Å². The van der Waals surface area contributed by atoms with Gasteiger partial charge in [0, 0.05) is 31.5 Å². The molecule has 3 heterocycles. The van der Waals surface area contributed by atoms with Crippen LogP contribution in [0.2, 0.25) is 0 Å². The average molecular weight is 536 g/mol. The molecule has 1 saturated carbocycles. The van der Waals surface area contributed by atoms with E-state index in [-0.39, 0.29) is 35.3 Å². The number of halogens is 3. The molecular formula is C27H36F3N5O3. The Kier molecular flexibility index (Phi) is 11.3. The van der Waals surface area contributed by atoms with Gasteiger partial charge in [0.05, 0.1) is 23.6 Å². The molecule has 1 saturated heterocycles. The van der Waals surface area contributed by atoms with Crippen LogP contribution in [0.15, 0.2) is 53.3 Å². The number of carbonyl (C=O) groups excluding carboxylic acids is 1. The smallest absolute Gasteiger partial charge is 0.393 e. The zero-order valence-corrected chi connectivity index (χ0v) is 21.6. The normalized spacial score (nSPS) is 19.2. The van der Waals surface area contributed by atoms with Gasteiger partial charge in [0.15, 0.2) is 11.4 Å². The Morgan fingerprint density at radius 1 is 1.11 bits per heavy atom. The van der Waals surface area contributed by atoms with Crippen LogP contribution < -0.4 is 10.6 Å². The standard InChI is InChI=1S/C14H14F3N3O2.C8H17NO.C5H5N/c15-14(16,17)9-3-4-11-10(7-9)13(19-22-11)18-8-12(21)20-5-1-2-6-20;1-2-9-7-3-5-8(10)6-4-7;1-2-4-6-5-3-1/h3-4,7H,1-2,5-6,8H2,(H,18,19);7-10H,2-6H2,1H3;1-5H. The fourth-order valence-corrected chi connectivity index (χ4v) is 4.36. The van der Waals surface area contributed by atoms with Gasteiger partial charge in [-0.1, -0.05) is 18.1 Å². The van der Waals surface area contributed by atoms with Crippen LogP contribution in [-0.4, -0.2) is 64.4 Å². The third-order valence-electron chi connectivity index (χ3n) is 6.42. The first-order valence-electron chi connectivity index (χ1n) is 13.0. The van der Waals surface area contributed by atoms with E-state index in [0.29, 0.717) is 6.04 Å². The lowest BCUT2D eigenvalue weighted by molar-refractivity contribution is -0.137. The van der Waals surface area contributed by atoms with E-state index < -0.39 is 11.7 Å². The highest BCUT2D eigenvalue weighted by Gasteiger charge is 2.31. The summed E-state index contributed by atoms with van der Waals surface area (Å²) in [4.78, 5) is 17.4. The topological polar surface area (TPSA) is 104 Å². The Labute approximate surface area is 220 Å². The van der Waals surface area contributed by atoms with Crippen LogP contribution in [0, 0.1) is 0 Å². The number of aliphatic hydroxyl groups excluding tert-OH is 1. The van der Waals surface area contributed by atoms with Gasteiger partial charge in [-0.2, -0.15) is 13.2 Å². The molecule has 1 aliphatic heterocycles. The van der Waals surface area contributed by atoms with E-state index in [9.17, 15) is 18.0 Å². The van der Waals surface area contributed by atoms with Gasteiger partial charge in [-0.15, -0.1) is 0 Å². The number of carbonyl (C=O) groups is 1. The number of amides is 1. The third-order valence-corrected chi connectivity index (χ3v) is 6.42. The second kappa shape index (κ2) is 14.7. The number of aromatic nitrogens is 2. The molecule has 38 heavy (non-hydrogen) atoms. The van der Waals surface area contributed by atoms with Crippen molar-refractivity contribution in [3.8, 4) is 0 Å². The number of nitrogens with zero attached hydrogens (tertiary/aromatic N) is 3. The first kappa shape index (κ1) is 29.4. The molecule has 0 radical (unpaired) electrons. The quantitative estimate of drug-likeness (QED) is 0.429. The largest absolute Gasteiger partial charge is 0.416 e. The SMILES string of the molecule is CCNC1CCC(O)CC1.O=C(CNc1noc2ccc(C(F)(F)F)cc12)N1CCCC1.c1ccncc1. The zero-order valence-electron chi connectivity index (χ0n) is 21.6. The number of benzene rings is 1. The second-order valence-electron chi connectivity index (χ2n) is 9.27. The first-order chi connectivity index (χ1) is 18.3. The lowest BCUT2D eigenvalue weighted by atomic mass is 9.93. The van der Waals surface area contributed by atoms with Crippen LogP contribution in [0.3, 0.4) is 0 Å². The van der Waals surface area contributed by atoms with Crippen LogP contribution in [0.5, 0.6) is 0 Å².